The summed E-state index contributed by atoms with van der Waals surface area (Å²) in [6, 6.07) is 13.7. The van der Waals surface area contributed by atoms with Crippen LogP contribution in [0.5, 0.6) is 5.75 Å². The Labute approximate surface area is 128 Å². The lowest BCUT2D eigenvalue weighted by Crippen LogP contribution is -2.14. The second kappa shape index (κ2) is 7.38. The van der Waals surface area contributed by atoms with Gasteiger partial charge in [-0.05, 0) is 42.0 Å². The molecule has 2 aromatic rings. The lowest BCUT2D eigenvalue weighted by Gasteiger charge is -2.07. The summed E-state index contributed by atoms with van der Waals surface area (Å²) < 4.78 is 5.12. The predicted molar refractivity (Wildman–Crippen MR) is 83.2 cm³/mol. The molecular weight excluding hydrogens is 282 g/mol. The largest absolute Gasteiger partial charge is 0.497 e. The van der Waals surface area contributed by atoms with Crippen molar-refractivity contribution < 1.29 is 19.4 Å². The first kappa shape index (κ1) is 15.7. The molecule has 2 aromatic carbocycles. The van der Waals surface area contributed by atoms with Gasteiger partial charge in [0.15, 0.2) is 5.78 Å². The second-order valence-electron chi connectivity index (χ2n) is 4.74. The van der Waals surface area contributed by atoms with Gasteiger partial charge in [0.2, 0.25) is 5.91 Å². The van der Waals surface area contributed by atoms with Crippen LogP contribution in [0.4, 0.5) is 5.69 Å². The standard InChI is InChI=1S/C17H17NO4/c1-22-15-4-2-3-12(9-15)10-17(21)18-14-7-5-13(6-8-14)16(20)11-19/h2-9,19H,10-11H2,1H3,(H,18,21). The van der Waals surface area contributed by atoms with Crippen molar-refractivity contribution in [2.24, 2.45) is 0 Å². The molecule has 0 spiro atoms. The normalized spacial score (nSPS) is 10.1. The minimum atomic E-state index is -0.526. The Kier molecular flexibility index (Phi) is 5.27. The Hall–Kier alpha value is -2.66. The summed E-state index contributed by atoms with van der Waals surface area (Å²) in [5.74, 6) is 0.195. The molecule has 0 saturated carbocycles. The summed E-state index contributed by atoms with van der Waals surface area (Å²) in [6.45, 7) is -0.526. The van der Waals surface area contributed by atoms with Gasteiger partial charge in [-0.1, -0.05) is 12.1 Å². The van der Waals surface area contributed by atoms with Crippen molar-refractivity contribution in [2.45, 2.75) is 6.42 Å². The van der Waals surface area contributed by atoms with E-state index in [1.54, 1.807) is 31.4 Å². The van der Waals surface area contributed by atoms with E-state index in [0.717, 1.165) is 5.56 Å². The van der Waals surface area contributed by atoms with Gasteiger partial charge in [0, 0.05) is 11.3 Å². The van der Waals surface area contributed by atoms with Gasteiger partial charge in [-0.2, -0.15) is 0 Å². The third-order valence-corrected chi connectivity index (χ3v) is 3.13. The minimum absolute atomic E-state index is 0.158. The van der Waals surface area contributed by atoms with Crippen LogP contribution in [0, 0.1) is 0 Å². The van der Waals surface area contributed by atoms with Gasteiger partial charge < -0.3 is 15.2 Å². The smallest absolute Gasteiger partial charge is 0.228 e. The van der Waals surface area contributed by atoms with Crippen molar-refractivity contribution >= 4 is 17.4 Å². The van der Waals surface area contributed by atoms with E-state index in [4.69, 9.17) is 9.84 Å². The van der Waals surface area contributed by atoms with E-state index in [9.17, 15) is 9.59 Å². The zero-order valence-corrected chi connectivity index (χ0v) is 12.2. The fraction of sp³-hybridized carbons (Fsp3) is 0.176. The molecular formula is C17H17NO4. The zero-order chi connectivity index (χ0) is 15.9. The molecule has 114 valence electrons. The summed E-state index contributed by atoms with van der Waals surface area (Å²) >= 11 is 0. The number of methoxy groups -OCH3 is 1. The molecule has 0 fully saturated rings. The van der Waals surface area contributed by atoms with Crippen molar-refractivity contribution in [2.75, 3.05) is 19.0 Å². The molecule has 0 aliphatic heterocycles. The number of ketones is 1. The summed E-state index contributed by atoms with van der Waals surface area (Å²) in [6.07, 6.45) is 0.231. The van der Waals surface area contributed by atoms with Crippen LogP contribution in [-0.2, 0) is 11.2 Å². The van der Waals surface area contributed by atoms with Crippen molar-refractivity contribution in [3.8, 4) is 5.75 Å². The lowest BCUT2D eigenvalue weighted by molar-refractivity contribution is -0.115. The maximum atomic E-state index is 12.0. The van der Waals surface area contributed by atoms with Gasteiger partial charge in [-0.3, -0.25) is 9.59 Å². The Morgan fingerprint density at radius 1 is 1.14 bits per heavy atom. The molecule has 0 aliphatic rings. The van der Waals surface area contributed by atoms with Crippen LogP contribution in [0.25, 0.3) is 0 Å². The number of Topliss-reactive ketones (excluding diaryl/α,β-unsaturated/α-hetero) is 1. The molecule has 0 unspecified atom stereocenters. The highest BCUT2D eigenvalue weighted by Gasteiger charge is 2.07. The van der Waals surface area contributed by atoms with Gasteiger partial charge in [0.1, 0.15) is 12.4 Å². The minimum Gasteiger partial charge on any atom is -0.497 e. The number of benzene rings is 2. The average Bonchev–Trinajstić information content (AvgIpc) is 2.55. The van der Waals surface area contributed by atoms with E-state index >= 15 is 0 Å². The lowest BCUT2D eigenvalue weighted by atomic mass is 10.1. The van der Waals surface area contributed by atoms with E-state index in [-0.39, 0.29) is 18.1 Å². The fourth-order valence-corrected chi connectivity index (χ4v) is 2.00. The van der Waals surface area contributed by atoms with Crippen molar-refractivity contribution in [1.82, 2.24) is 0 Å². The quantitative estimate of drug-likeness (QED) is 0.801. The molecule has 0 saturated heterocycles. The van der Waals surface area contributed by atoms with Gasteiger partial charge in [0.25, 0.3) is 0 Å². The van der Waals surface area contributed by atoms with E-state index in [2.05, 4.69) is 5.32 Å². The highest BCUT2D eigenvalue weighted by molar-refractivity contribution is 5.98. The van der Waals surface area contributed by atoms with Crippen LogP contribution in [0.1, 0.15) is 15.9 Å². The Morgan fingerprint density at radius 3 is 2.50 bits per heavy atom. The molecule has 22 heavy (non-hydrogen) atoms. The number of anilines is 1. The number of hydrogen-bond donors (Lipinski definition) is 2. The van der Waals surface area contributed by atoms with Gasteiger partial charge in [-0.25, -0.2) is 0 Å². The van der Waals surface area contributed by atoms with Crippen LogP contribution in [0.15, 0.2) is 48.5 Å². The monoisotopic (exact) mass is 299 g/mol. The van der Waals surface area contributed by atoms with E-state index in [1.807, 2.05) is 24.3 Å². The molecule has 0 radical (unpaired) electrons. The number of aliphatic hydroxyl groups is 1. The van der Waals surface area contributed by atoms with Crippen LogP contribution in [0.2, 0.25) is 0 Å². The van der Waals surface area contributed by atoms with Crippen LogP contribution >= 0.6 is 0 Å². The zero-order valence-electron chi connectivity index (χ0n) is 12.2. The average molecular weight is 299 g/mol. The maximum absolute atomic E-state index is 12.0. The summed E-state index contributed by atoms with van der Waals surface area (Å²) in [7, 11) is 1.58. The molecule has 0 bridgehead atoms. The molecule has 5 heteroatoms. The van der Waals surface area contributed by atoms with Crippen molar-refractivity contribution in [3.05, 3.63) is 59.7 Å². The summed E-state index contributed by atoms with van der Waals surface area (Å²) in [4.78, 5) is 23.3. The molecule has 2 rings (SSSR count). The topological polar surface area (TPSA) is 75.6 Å². The van der Waals surface area contributed by atoms with Crippen LogP contribution in [-0.4, -0.2) is 30.5 Å². The summed E-state index contributed by atoms with van der Waals surface area (Å²) in [5, 5.41) is 11.5. The first-order valence-electron chi connectivity index (χ1n) is 6.79. The SMILES string of the molecule is COc1cccc(CC(=O)Nc2ccc(C(=O)CO)cc2)c1. The third kappa shape index (κ3) is 4.17. The second-order valence-corrected chi connectivity index (χ2v) is 4.74. The van der Waals surface area contributed by atoms with E-state index in [1.165, 1.54) is 0 Å². The van der Waals surface area contributed by atoms with Gasteiger partial charge >= 0.3 is 0 Å². The highest BCUT2D eigenvalue weighted by atomic mass is 16.5. The Bertz CT molecular complexity index is 665. The number of carbonyl (C=O) groups is 2. The number of aliphatic hydroxyl groups excluding tert-OH is 1. The van der Waals surface area contributed by atoms with E-state index in [0.29, 0.717) is 17.0 Å². The molecule has 1 amide bonds. The van der Waals surface area contributed by atoms with Crippen LogP contribution < -0.4 is 10.1 Å². The highest BCUT2D eigenvalue weighted by Crippen LogP contribution is 2.14. The number of ether oxygens (including phenoxy) is 1. The Balaban J connectivity index is 1.98. The molecule has 0 aromatic heterocycles. The maximum Gasteiger partial charge on any atom is 0.228 e. The van der Waals surface area contributed by atoms with E-state index < -0.39 is 6.61 Å². The predicted octanol–water partition coefficient (Wildman–Crippen LogP) is 2.05. The first-order valence-corrected chi connectivity index (χ1v) is 6.79. The molecule has 2 N–H and O–H groups in total. The number of carbonyl (C=O) groups excluding carboxylic acids is 2. The van der Waals surface area contributed by atoms with Gasteiger partial charge in [-0.15, -0.1) is 0 Å². The van der Waals surface area contributed by atoms with Crippen LogP contribution in [0.3, 0.4) is 0 Å². The summed E-state index contributed by atoms with van der Waals surface area (Å²) in [5.41, 5.74) is 1.86. The molecule has 5 nitrogen and oxygen atoms in total. The fourth-order valence-electron chi connectivity index (χ4n) is 2.00. The number of hydrogen-bond acceptors (Lipinski definition) is 4. The molecule has 0 atom stereocenters. The molecule has 0 heterocycles. The number of amides is 1. The first-order chi connectivity index (χ1) is 10.6. The Morgan fingerprint density at radius 2 is 1.86 bits per heavy atom. The van der Waals surface area contributed by atoms with Crippen molar-refractivity contribution in [1.29, 1.82) is 0 Å². The van der Waals surface area contributed by atoms with Gasteiger partial charge in [0.05, 0.1) is 13.5 Å². The van der Waals surface area contributed by atoms with Crippen molar-refractivity contribution in [3.63, 3.8) is 0 Å². The number of rotatable bonds is 6. The number of nitrogens with one attached hydrogen (secondary N) is 1. The third-order valence-electron chi connectivity index (χ3n) is 3.13. The molecule has 0 aliphatic carbocycles.